The van der Waals surface area contributed by atoms with Gasteiger partial charge in [-0.05, 0) is 43.2 Å². The van der Waals surface area contributed by atoms with Crippen molar-refractivity contribution in [2.24, 2.45) is 0 Å². The average Bonchev–Trinajstić information content (AvgIpc) is 3.21. The lowest BCUT2D eigenvalue weighted by molar-refractivity contribution is 0.237. The summed E-state index contributed by atoms with van der Waals surface area (Å²) in [6, 6.07) is 15.5. The summed E-state index contributed by atoms with van der Waals surface area (Å²) in [6.45, 7) is 4.56. The van der Waals surface area contributed by atoms with Gasteiger partial charge in [-0.1, -0.05) is 36.8 Å². The van der Waals surface area contributed by atoms with E-state index in [-0.39, 0.29) is 12.1 Å². The third-order valence-corrected chi connectivity index (χ3v) is 4.75. The zero-order valence-corrected chi connectivity index (χ0v) is 17.1. The molecular weight excluding hydrogens is 366 g/mol. The molecule has 1 heterocycles. The predicted molar refractivity (Wildman–Crippen MR) is 113 cm³/mol. The van der Waals surface area contributed by atoms with E-state index in [0.717, 1.165) is 29.0 Å². The quantitative estimate of drug-likeness (QED) is 0.584. The molecule has 1 atom stereocenters. The van der Waals surface area contributed by atoms with Crippen LogP contribution < -0.4 is 15.4 Å². The van der Waals surface area contributed by atoms with Gasteiger partial charge in [0.1, 0.15) is 12.0 Å². The van der Waals surface area contributed by atoms with Gasteiger partial charge in [0.25, 0.3) is 0 Å². The van der Waals surface area contributed by atoms with Crippen molar-refractivity contribution in [3.63, 3.8) is 0 Å². The van der Waals surface area contributed by atoms with Crippen molar-refractivity contribution in [2.45, 2.75) is 32.7 Å². The van der Waals surface area contributed by atoms with Crippen LogP contribution in [-0.2, 0) is 6.42 Å². The molecule has 0 saturated carbocycles. The molecule has 0 spiro atoms. The summed E-state index contributed by atoms with van der Waals surface area (Å²) in [6.07, 6.45) is 3.03. The van der Waals surface area contributed by atoms with Crippen molar-refractivity contribution in [1.29, 1.82) is 0 Å². The van der Waals surface area contributed by atoms with E-state index in [4.69, 9.17) is 9.15 Å². The predicted octanol–water partition coefficient (Wildman–Crippen LogP) is 4.65. The van der Waals surface area contributed by atoms with E-state index < -0.39 is 0 Å². The lowest BCUT2D eigenvalue weighted by atomic mass is 10.0. The van der Waals surface area contributed by atoms with Crippen LogP contribution in [0.3, 0.4) is 0 Å². The highest BCUT2D eigenvalue weighted by Crippen LogP contribution is 2.20. The Labute approximate surface area is 171 Å². The number of oxazole rings is 1. The Morgan fingerprint density at radius 1 is 1.14 bits per heavy atom. The van der Waals surface area contributed by atoms with E-state index in [2.05, 4.69) is 15.6 Å². The van der Waals surface area contributed by atoms with Gasteiger partial charge in [0.15, 0.2) is 0 Å². The lowest BCUT2D eigenvalue weighted by Crippen LogP contribution is -2.38. The topological polar surface area (TPSA) is 76.4 Å². The normalized spacial score (nSPS) is 11.7. The number of urea groups is 1. The van der Waals surface area contributed by atoms with Crippen LogP contribution in [0.1, 0.15) is 36.2 Å². The van der Waals surface area contributed by atoms with Crippen LogP contribution in [0.4, 0.5) is 4.79 Å². The van der Waals surface area contributed by atoms with Crippen molar-refractivity contribution in [2.75, 3.05) is 13.7 Å². The number of methoxy groups -OCH3 is 1. The summed E-state index contributed by atoms with van der Waals surface area (Å²) in [5, 5.41) is 5.90. The number of aromatic nitrogens is 1. The van der Waals surface area contributed by atoms with Crippen LogP contribution in [0.2, 0.25) is 0 Å². The van der Waals surface area contributed by atoms with Gasteiger partial charge >= 0.3 is 6.03 Å². The maximum atomic E-state index is 12.3. The summed E-state index contributed by atoms with van der Waals surface area (Å²) in [7, 11) is 1.64. The van der Waals surface area contributed by atoms with E-state index >= 15 is 0 Å². The highest BCUT2D eigenvalue weighted by molar-refractivity contribution is 5.74. The minimum Gasteiger partial charge on any atom is -0.497 e. The van der Waals surface area contributed by atoms with Gasteiger partial charge in [-0.2, -0.15) is 0 Å². The number of rotatable bonds is 8. The maximum Gasteiger partial charge on any atom is 0.315 e. The van der Waals surface area contributed by atoms with Gasteiger partial charge in [-0.3, -0.25) is 0 Å². The first-order valence-electron chi connectivity index (χ1n) is 9.78. The summed E-state index contributed by atoms with van der Waals surface area (Å²) in [5.41, 5.74) is 3.99. The molecule has 0 aliphatic carbocycles. The van der Waals surface area contributed by atoms with Crippen LogP contribution in [0.5, 0.6) is 5.75 Å². The van der Waals surface area contributed by atoms with E-state index in [1.165, 1.54) is 5.56 Å². The van der Waals surface area contributed by atoms with Crippen molar-refractivity contribution in [1.82, 2.24) is 15.6 Å². The fraction of sp³-hybridized carbons (Fsp3) is 0.304. The first kappa shape index (κ1) is 20.5. The molecule has 3 rings (SSSR count). The van der Waals surface area contributed by atoms with E-state index in [1.807, 2.05) is 62.4 Å². The summed E-state index contributed by atoms with van der Waals surface area (Å²) < 4.78 is 10.7. The Kier molecular flexibility index (Phi) is 6.89. The van der Waals surface area contributed by atoms with Gasteiger partial charge in [0, 0.05) is 18.5 Å². The molecule has 0 fully saturated rings. The summed E-state index contributed by atoms with van der Waals surface area (Å²) >= 11 is 0. The first-order valence-corrected chi connectivity index (χ1v) is 9.78. The van der Waals surface area contributed by atoms with Crippen molar-refractivity contribution in [3.8, 4) is 17.2 Å². The molecule has 2 N–H and O–H groups in total. The minimum atomic E-state index is -0.199. The van der Waals surface area contributed by atoms with Crippen molar-refractivity contribution < 1.29 is 13.9 Å². The molecule has 3 aromatic rings. The number of benzene rings is 2. The number of hydrogen-bond acceptors (Lipinski definition) is 4. The van der Waals surface area contributed by atoms with Crippen molar-refractivity contribution in [3.05, 3.63) is 71.6 Å². The number of nitrogens with one attached hydrogen (secondary N) is 2. The third-order valence-electron chi connectivity index (χ3n) is 4.75. The SMILES string of the molecule is CCC(NC(=O)NCCc1coc(-c2ccc(C)cc2)n1)c1ccc(OC)cc1. The van der Waals surface area contributed by atoms with Crippen LogP contribution >= 0.6 is 0 Å². The van der Waals surface area contributed by atoms with Gasteiger partial charge in [0.05, 0.1) is 18.8 Å². The average molecular weight is 393 g/mol. The second kappa shape index (κ2) is 9.78. The molecule has 0 saturated heterocycles. The van der Waals surface area contributed by atoms with Crippen LogP contribution in [0, 0.1) is 6.92 Å². The van der Waals surface area contributed by atoms with Crippen LogP contribution in [-0.4, -0.2) is 24.7 Å². The standard InChI is InChI=1S/C23H27N3O3/c1-4-21(17-9-11-20(28-3)12-10-17)26-23(27)24-14-13-19-15-29-22(25-19)18-7-5-16(2)6-8-18/h5-12,15,21H,4,13-14H2,1-3H3,(H2,24,26,27). The molecule has 2 aromatic carbocycles. The molecule has 152 valence electrons. The molecule has 0 aliphatic rings. The maximum absolute atomic E-state index is 12.3. The summed E-state index contributed by atoms with van der Waals surface area (Å²) in [4.78, 5) is 16.8. The highest BCUT2D eigenvalue weighted by Gasteiger charge is 2.13. The first-order chi connectivity index (χ1) is 14.1. The van der Waals surface area contributed by atoms with E-state index in [1.54, 1.807) is 13.4 Å². The fourth-order valence-electron chi connectivity index (χ4n) is 3.02. The molecule has 0 bridgehead atoms. The zero-order chi connectivity index (χ0) is 20.6. The van der Waals surface area contributed by atoms with E-state index in [9.17, 15) is 4.79 Å². The minimum absolute atomic E-state index is 0.0545. The number of amides is 2. The zero-order valence-electron chi connectivity index (χ0n) is 17.1. The largest absolute Gasteiger partial charge is 0.497 e. The molecule has 6 heteroatoms. The Balaban J connectivity index is 1.48. The van der Waals surface area contributed by atoms with Crippen LogP contribution in [0.15, 0.2) is 59.2 Å². The smallest absolute Gasteiger partial charge is 0.315 e. The third kappa shape index (κ3) is 5.60. The number of hydrogen-bond donors (Lipinski definition) is 2. The highest BCUT2D eigenvalue weighted by atomic mass is 16.5. The molecule has 1 unspecified atom stereocenters. The second-order valence-electron chi connectivity index (χ2n) is 6.89. The van der Waals surface area contributed by atoms with Crippen molar-refractivity contribution >= 4 is 6.03 Å². The number of aryl methyl sites for hydroxylation is 1. The molecule has 6 nitrogen and oxygen atoms in total. The lowest BCUT2D eigenvalue weighted by Gasteiger charge is -2.18. The van der Waals surface area contributed by atoms with E-state index in [0.29, 0.717) is 18.9 Å². The molecule has 0 aliphatic heterocycles. The molecule has 1 aromatic heterocycles. The Bertz CT molecular complexity index is 917. The number of nitrogens with zero attached hydrogens (tertiary/aromatic N) is 1. The number of ether oxygens (including phenoxy) is 1. The Morgan fingerprint density at radius 2 is 1.86 bits per heavy atom. The van der Waals surface area contributed by atoms with Crippen LogP contribution in [0.25, 0.3) is 11.5 Å². The number of carbonyl (C=O) groups excluding carboxylic acids is 1. The van der Waals surface area contributed by atoms with Gasteiger partial charge < -0.3 is 19.8 Å². The van der Waals surface area contributed by atoms with Gasteiger partial charge in [-0.15, -0.1) is 0 Å². The Morgan fingerprint density at radius 3 is 2.52 bits per heavy atom. The molecule has 2 amide bonds. The Hall–Kier alpha value is -3.28. The molecular formula is C23H27N3O3. The second-order valence-corrected chi connectivity index (χ2v) is 6.89. The summed E-state index contributed by atoms with van der Waals surface area (Å²) in [5.74, 6) is 1.39. The monoisotopic (exact) mass is 393 g/mol. The molecule has 0 radical (unpaired) electrons. The fourth-order valence-corrected chi connectivity index (χ4v) is 3.02. The number of carbonyl (C=O) groups is 1. The molecule has 29 heavy (non-hydrogen) atoms. The van der Waals surface area contributed by atoms with Gasteiger partial charge in [-0.25, -0.2) is 9.78 Å². The van der Waals surface area contributed by atoms with Gasteiger partial charge in [0.2, 0.25) is 5.89 Å².